The normalized spacial score (nSPS) is 13.4. The molecule has 80 valence electrons. The minimum atomic E-state index is -0.0745. The van der Waals surface area contributed by atoms with Gasteiger partial charge < -0.3 is 5.32 Å². The van der Waals surface area contributed by atoms with Crippen LogP contribution in [0.2, 0.25) is 0 Å². The molecule has 15 heavy (non-hydrogen) atoms. The van der Waals surface area contributed by atoms with Crippen molar-refractivity contribution in [3.8, 4) is 0 Å². The molecule has 0 amide bonds. The van der Waals surface area contributed by atoms with Gasteiger partial charge in [0.15, 0.2) is 5.78 Å². The van der Waals surface area contributed by atoms with Crippen molar-refractivity contribution < 1.29 is 4.79 Å². The quantitative estimate of drug-likeness (QED) is 0.762. The molecule has 1 rings (SSSR count). The van der Waals surface area contributed by atoms with Gasteiger partial charge in [0.05, 0.1) is 0 Å². The summed E-state index contributed by atoms with van der Waals surface area (Å²) in [5.41, 5.74) is 1.95. The summed E-state index contributed by atoms with van der Waals surface area (Å²) in [6.07, 6.45) is 1.65. The first-order chi connectivity index (χ1) is 7.15. The fraction of sp³-hybridized carbons (Fsp3) is 0.308. The van der Waals surface area contributed by atoms with E-state index in [1.54, 1.807) is 6.08 Å². The summed E-state index contributed by atoms with van der Waals surface area (Å²) in [6.45, 7) is 3.81. The van der Waals surface area contributed by atoms with E-state index < -0.39 is 0 Å². The smallest absolute Gasteiger partial charge is 0.164 e. The zero-order valence-electron chi connectivity index (χ0n) is 9.45. The van der Waals surface area contributed by atoms with Crippen molar-refractivity contribution in [2.45, 2.75) is 19.8 Å². The van der Waals surface area contributed by atoms with Crippen LogP contribution in [0.4, 0.5) is 0 Å². The van der Waals surface area contributed by atoms with E-state index in [9.17, 15) is 4.79 Å². The van der Waals surface area contributed by atoms with E-state index in [4.69, 9.17) is 0 Å². The van der Waals surface area contributed by atoms with E-state index in [1.807, 2.05) is 51.2 Å². The second-order valence-electron chi connectivity index (χ2n) is 3.61. The second-order valence-corrected chi connectivity index (χ2v) is 3.61. The van der Waals surface area contributed by atoms with Crippen LogP contribution in [0.15, 0.2) is 42.1 Å². The van der Waals surface area contributed by atoms with Crippen LogP contribution >= 0.6 is 0 Å². The minimum absolute atomic E-state index is 0.0745. The molecule has 0 heterocycles. The standard InChI is InChI=1S/C13H17NO/c1-10(14-3)9-13(15)11(2)12-7-5-4-6-8-12/h4-9,11,14H,1-3H3/b10-9+. The SMILES string of the molecule is CN/C(C)=C/C(=O)C(C)c1ccccc1. The van der Waals surface area contributed by atoms with Gasteiger partial charge in [-0.05, 0) is 12.5 Å². The van der Waals surface area contributed by atoms with Crippen LogP contribution < -0.4 is 5.32 Å². The lowest BCUT2D eigenvalue weighted by atomic mass is 9.96. The van der Waals surface area contributed by atoms with Crippen LogP contribution in [-0.2, 0) is 4.79 Å². The highest BCUT2D eigenvalue weighted by Gasteiger charge is 2.12. The molecule has 2 heteroatoms. The highest BCUT2D eigenvalue weighted by Crippen LogP contribution is 2.16. The molecule has 0 saturated carbocycles. The van der Waals surface area contributed by atoms with Crippen LogP contribution in [0.3, 0.4) is 0 Å². The van der Waals surface area contributed by atoms with Gasteiger partial charge in [0.2, 0.25) is 0 Å². The van der Waals surface area contributed by atoms with Gasteiger partial charge in [-0.15, -0.1) is 0 Å². The van der Waals surface area contributed by atoms with Crippen LogP contribution in [0, 0.1) is 0 Å². The predicted molar refractivity (Wildman–Crippen MR) is 62.7 cm³/mol. The fourth-order valence-corrected chi connectivity index (χ4v) is 1.32. The maximum absolute atomic E-state index is 11.8. The zero-order chi connectivity index (χ0) is 11.3. The molecule has 2 nitrogen and oxygen atoms in total. The van der Waals surface area contributed by atoms with Crippen molar-refractivity contribution in [2.24, 2.45) is 0 Å². The van der Waals surface area contributed by atoms with Gasteiger partial charge in [0.25, 0.3) is 0 Å². The third kappa shape index (κ3) is 3.24. The lowest BCUT2D eigenvalue weighted by Crippen LogP contribution is -2.10. The molecule has 1 unspecified atom stereocenters. The van der Waals surface area contributed by atoms with E-state index in [0.717, 1.165) is 11.3 Å². The predicted octanol–water partition coefficient (Wildman–Crippen LogP) is 2.48. The molecule has 0 spiro atoms. The number of allylic oxidation sites excluding steroid dienone is 2. The van der Waals surface area contributed by atoms with Gasteiger partial charge in [0, 0.05) is 24.7 Å². The molecular formula is C13H17NO. The summed E-state index contributed by atoms with van der Waals surface area (Å²) in [4.78, 5) is 11.8. The molecule has 0 fully saturated rings. The van der Waals surface area contributed by atoms with Crippen LogP contribution in [0.25, 0.3) is 0 Å². The number of carbonyl (C=O) groups is 1. The maximum Gasteiger partial charge on any atom is 0.164 e. The number of rotatable bonds is 4. The summed E-state index contributed by atoms with van der Waals surface area (Å²) < 4.78 is 0. The molecule has 1 N–H and O–H groups in total. The summed E-state index contributed by atoms with van der Waals surface area (Å²) in [6, 6.07) is 9.81. The molecule has 1 aromatic rings. The third-order valence-electron chi connectivity index (χ3n) is 2.48. The first kappa shape index (κ1) is 11.5. The Kier molecular flexibility index (Phi) is 4.10. The Morgan fingerprint density at radius 2 is 1.93 bits per heavy atom. The second kappa shape index (κ2) is 5.35. The lowest BCUT2D eigenvalue weighted by molar-refractivity contribution is -0.115. The third-order valence-corrected chi connectivity index (χ3v) is 2.48. The molecule has 0 aliphatic heterocycles. The largest absolute Gasteiger partial charge is 0.392 e. The van der Waals surface area contributed by atoms with Crippen molar-refractivity contribution in [3.05, 3.63) is 47.7 Å². The van der Waals surface area contributed by atoms with Gasteiger partial charge in [-0.3, -0.25) is 4.79 Å². The minimum Gasteiger partial charge on any atom is -0.392 e. The molecular weight excluding hydrogens is 186 g/mol. The Labute approximate surface area is 91.0 Å². The molecule has 0 aliphatic carbocycles. The molecule has 0 aliphatic rings. The Bertz CT molecular complexity index is 354. The maximum atomic E-state index is 11.8. The van der Waals surface area contributed by atoms with Crippen molar-refractivity contribution in [1.29, 1.82) is 0 Å². The summed E-state index contributed by atoms with van der Waals surface area (Å²) in [5, 5.41) is 2.94. The molecule has 1 aromatic carbocycles. The average Bonchev–Trinajstić information content (AvgIpc) is 2.29. The van der Waals surface area contributed by atoms with Crippen LogP contribution in [-0.4, -0.2) is 12.8 Å². The average molecular weight is 203 g/mol. The molecule has 0 aromatic heterocycles. The Morgan fingerprint density at radius 3 is 2.47 bits per heavy atom. The highest BCUT2D eigenvalue weighted by molar-refractivity contribution is 5.95. The summed E-state index contributed by atoms with van der Waals surface area (Å²) in [5.74, 6) is 0.0579. The van der Waals surface area contributed by atoms with Crippen LogP contribution in [0.5, 0.6) is 0 Å². The van der Waals surface area contributed by atoms with E-state index in [0.29, 0.717) is 0 Å². The zero-order valence-corrected chi connectivity index (χ0v) is 9.45. The van der Waals surface area contributed by atoms with Crippen molar-refractivity contribution >= 4 is 5.78 Å². The monoisotopic (exact) mass is 203 g/mol. The van der Waals surface area contributed by atoms with Gasteiger partial charge in [-0.25, -0.2) is 0 Å². The van der Waals surface area contributed by atoms with E-state index >= 15 is 0 Å². The van der Waals surface area contributed by atoms with E-state index in [1.165, 1.54) is 0 Å². The summed E-state index contributed by atoms with van der Waals surface area (Å²) >= 11 is 0. The van der Waals surface area contributed by atoms with Gasteiger partial charge in [-0.1, -0.05) is 37.3 Å². The number of ketones is 1. The van der Waals surface area contributed by atoms with Crippen molar-refractivity contribution in [2.75, 3.05) is 7.05 Å². The topological polar surface area (TPSA) is 29.1 Å². The van der Waals surface area contributed by atoms with Crippen molar-refractivity contribution in [3.63, 3.8) is 0 Å². The Hall–Kier alpha value is -1.57. The number of hydrogen-bond acceptors (Lipinski definition) is 2. The van der Waals surface area contributed by atoms with Crippen LogP contribution in [0.1, 0.15) is 25.3 Å². The Morgan fingerprint density at radius 1 is 1.33 bits per heavy atom. The highest BCUT2D eigenvalue weighted by atomic mass is 16.1. The summed E-state index contributed by atoms with van der Waals surface area (Å²) in [7, 11) is 1.81. The number of carbonyl (C=O) groups excluding carboxylic acids is 1. The van der Waals surface area contributed by atoms with Gasteiger partial charge >= 0.3 is 0 Å². The number of hydrogen-bond donors (Lipinski definition) is 1. The molecule has 1 atom stereocenters. The first-order valence-electron chi connectivity index (χ1n) is 5.10. The first-order valence-corrected chi connectivity index (χ1v) is 5.10. The molecule has 0 bridgehead atoms. The number of benzene rings is 1. The van der Waals surface area contributed by atoms with Gasteiger partial charge in [-0.2, -0.15) is 0 Å². The molecule has 0 radical (unpaired) electrons. The fourth-order valence-electron chi connectivity index (χ4n) is 1.32. The molecule has 0 saturated heterocycles. The lowest BCUT2D eigenvalue weighted by Gasteiger charge is -2.08. The Balaban J connectivity index is 2.78. The van der Waals surface area contributed by atoms with E-state index in [-0.39, 0.29) is 11.7 Å². The van der Waals surface area contributed by atoms with Gasteiger partial charge in [0.1, 0.15) is 0 Å². The van der Waals surface area contributed by atoms with E-state index in [2.05, 4.69) is 5.32 Å². The van der Waals surface area contributed by atoms with Crippen molar-refractivity contribution in [1.82, 2.24) is 5.32 Å². The number of nitrogens with one attached hydrogen (secondary N) is 1.